The molecule has 118 valence electrons. The van der Waals surface area contributed by atoms with Crippen LogP contribution in [0.15, 0.2) is 66.7 Å². The number of hydrogen-bond acceptors (Lipinski definition) is 2. The molecule has 0 atom stereocenters. The van der Waals surface area contributed by atoms with E-state index in [-0.39, 0.29) is 0 Å². The third-order valence-electron chi connectivity index (χ3n) is 4.92. The first-order chi connectivity index (χ1) is 12.3. The molecule has 25 heavy (non-hydrogen) atoms. The van der Waals surface area contributed by atoms with Crippen LogP contribution in [-0.4, -0.2) is 0 Å². The lowest BCUT2D eigenvalue weighted by Gasteiger charge is -2.06. The van der Waals surface area contributed by atoms with E-state index in [1.165, 1.54) is 54.7 Å². The zero-order valence-electron chi connectivity index (χ0n) is 13.0. The minimum atomic E-state index is 1.34. The van der Waals surface area contributed by atoms with Crippen LogP contribution < -0.4 is 0 Å². The molecule has 0 nitrogen and oxygen atoms in total. The minimum absolute atomic E-state index is 1.34. The summed E-state index contributed by atoms with van der Waals surface area (Å²) < 4.78 is 6.89. The Morgan fingerprint density at radius 3 is 2.08 bits per heavy atom. The summed E-state index contributed by atoms with van der Waals surface area (Å²) in [6.07, 6.45) is 0. The fraction of sp³-hybridized carbons (Fsp3) is 0. The zero-order valence-corrected chi connectivity index (χ0v) is 16.8. The van der Waals surface area contributed by atoms with Crippen LogP contribution in [0.4, 0.5) is 0 Å². The molecule has 0 bridgehead atoms. The fourth-order valence-electron chi connectivity index (χ4n) is 3.89. The molecule has 2 aromatic heterocycles. The van der Waals surface area contributed by atoms with Crippen molar-refractivity contribution < 1.29 is 0 Å². The predicted molar refractivity (Wildman–Crippen MR) is 122 cm³/mol. The molecule has 4 aromatic carbocycles. The van der Waals surface area contributed by atoms with Crippen molar-refractivity contribution in [1.82, 2.24) is 0 Å². The van der Waals surface area contributed by atoms with Crippen LogP contribution in [-0.2, 0) is 0 Å². The number of halogens is 1. The highest BCUT2D eigenvalue weighted by atomic mass is 127. The molecular weight excluding hydrogens is 455 g/mol. The van der Waals surface area contributed by atoms with Gasteiger partial charge in [0.15, 0.2) is 0 Å². The van der Waals surface area contributed by atoms with Gasteiger partial charge in [-0.3, -0.25) is 0 Å². The van der Waals surface area contributed by atoms with Gasteiger partial charge >= 0.3 is 0 Å². The summed E-state index contributed by atoms with van der Waals surface area (Å²) in [7, 11) is 0. The molecule has 0 fully saturated rings. The number of benzene rings is 4. The Morgan fingerprint density at radius 2 is 1.28 bits per heavy atom. The highest BCUT2D eigenvalue weighted by molar-refractivity contribution is 14.1. The van der Waals surface area contributed by atoms with E-state index in [1.807, 2.05) is 22.7 Å². The summed E-state index contributed by atoms with van der Waals surface area (Å²) in [6.45, 7) is 0. The Morgan fingerprint density at radius 1 is 0.600 bits per heavy atom. The Hall–Kier alpha value is -1.69. The molecule has 0 amide bonds. The van der Waals surface area contributed by atoms with Crippen LogP contribution in [0.3, 0.4) is 0 Å². The number of hydrogen-bond donors (Lipinski definition) is 0. The van der Waals surface area contributed by atoms with Crippen molar-refractivity contribution in [3.05, 3.63) is 70.3 Å². The standard InChI is InChI=1S/C22H11IS2/c23-15-11-12-9-10-18-20(13-5-1-3-7-16(13)24-18)19(12)21-14-6-2-4-8-17(14)25-22(15)21/h1-11H. The molecule has 0 saturated heterocycles. The third kappa shape index (κ3) is 1.92. The molecule has 0 radical (unpaired) electrons. The van der Waals surface area contributed by atoms with Crippen molar-refractivity contribution in [1.29, 1.82) is 0 Å². The lowest BCUT2D eigenvalue weighted by Crippen LogP contribution is -1.80. The molecule has 2 heterocycles. The normalized spacial score (nSPS) is 12.2. The van der Waals surface area contributed by atoms with E-state index in [2.05, 4.69) is 89.3 Å². The van der Waals surface area contributed by atoms with Gasteiger partial charge in [-0.2, -0.15) is 0 Å². The van der Waals surface area contributed by atoms with Gasteiger partial charge in [0.05, 0.1) is 0 Å². The summed E-state index contributed by atoms with van der Waals surface area (Å²) in [5.41, 5.74) is 0. The van der Waals surface area contributed by atoms with Gasteiger partial charge < -0.3 is 0 Å². The topological polar surface area (TPSA) is 0 Å². The lowest BCUT2D eigenvalue weighted by molar-refractivity contribution is 1.85. The van der Waals surface area contributed by atoms with Crippen molar-refractivity contribution in [3.8, 4) is 0 Å². The second kappa shape index (κ2) is 5.16. The summed E-state index contributed by atoms with van der Waals surface area (Å²) in [5, 5.41) is 8.37. The van der Waals surface area contributed by atoms with E-state index in [0.29, 0.717) is 0 Å². The van der Waals surface area contributed by atoms with Gasteiger partial charge in [-0.1, -0.05) is 42.5 Å². The zero-order chi connectivity index (χ0) is 16.5. The first-order valence-corrected chi connectivity index (χ1v) is 10.9. The molecule has 0 saturated carbocycles. The highest BCUT2D eigenvalue weighted by Crippen LogP contribution is 2.46. The van der Waals surface area contributed by atoms with Crippen molar-refractivity contribution >= 4 is 96.4 Å². The van der Waals surface area contributed by atoms with Gasteiger partial charge in [0.25, 0.3) is 0 Å². The Bertz CT molecular complexity index is 1450. The summed E-state index contributed by atoms with van der Waals surface area (Å²) in [4.78, 5) is 0. The maximum Gasteiger partial charge on any atom is 0.0495 e. The van der Waals surface area contributed by atoms with Gasteiger partial charge in [-0.25, -0.2) is 0 Å². The largest absolute Gasteiger partial charge is 0.135 e. The van der Waals surface area contributed by atoms with E-state index in [0.717, 1.165) is 0 Å². The molecule has 0 aliphatic carbocycles. The summed E-state index contributed by atoms with van der Waals surface area (Å²) in [5.74, 6) is 0. The Balaban J connectivity index is 2.04. The Labute approximate surface area is 165 Å². The van der Waals surface area contributed by atoms with E-state index >= 15 is 0 Å². The van der Waals surface area contributed by atoms with Crippen molar-refractivity contribution in [2.24, 2.45) is 0 Å². The lowest BCUT2D eigenvalue weighted by atomic mass is 9.99. The molecule has 0 spiro atoms. The van der Waals surface area contributed by atoms with Crippen LogP contribution in [0.2, 0.25) is 0 Å². The van der Waals surface area contributed by atoms with Gasteiger partial charge in [0.2, 0.25) is 0 Å². The maximum atomic E-state index is 2.49. The fourth-order valence-corrected chi connectivity index (χ4v) is 7.05. The van der Waals surface area contributed by atoms with Gasteiger partial charge in [-0.05, 0) is 52.2 Å². The van der Waals surface area contributed by atoms with Crippen LogP contribution in [0, 0.1) is 3.57 Å². The average Bonchev–Trinajstić information content (AvgIpc) is 3.20. The first kappa shape index (κ1) is 14.5. The van der Waals surface area contributed by atoms with Crippen LogP contribution >= 0.6 is 45.3 Å². The third-order valence-corrected chi connectivity index (χ3v) is 8.48. The monoisotopic (exact) mass is 466 g/mol. The highest BCUT2D eigenvalue weighted by Gasteiger charge is 2.16. The first-order valence-electron chi connectivity index (χ1n) is 8.15. The van der Waals surface area contributed by atoms with Crippen LogP contribution in [0.5, 0.6) is 0 Å². The Kier molecular flexibility index (Phi) is 2.99. The van der Waals surface area contributed by atoms with Crippen LogP contribution in [0.1, 0.15) is 0 Å². The smallest absolute Gasteiger partial charge is 0.0495 e. The summed E-state index contributed by atoms with van der Waals surface area (Å²) >= 11 is 6.31. The van der Waals surface area contributed by atoms with Crippen LogP contribution in [0.25, 0.3) is 51.1 Å². The molecule has 0 aliphatic heterocycles. The van der Waals surface area contributed by atoms with E-state index in [4.69, 9.17) is 0 Å². The molecular formula is C22H11IS2. The van der Waals surface area contributed by atoms with Gasteiger partial charge in [0.1, 0.15) is 0 Å². The molecule has 3 heteroatoms. The maximum absolute atomic E-state index is 2.49. The van der Waals surface area contributed by atoms with E-state index in [9.17, 15) is 0 Å². The SMILES string of the molecule is Ic1cc2ccc3sc4ccccc4c3c2c2c1sc1ccccc12. The predicted octanol–water partition coefficient (Wildman–Crippen LogP) is 8.18. The number of fused-ring (bicyclic) bond motifs is 9. The number of thiophene rings is 2. The minimum Gasteiger partial charge on any atom is -0.135 e. The van der Waals surface area contributed by atoms with Crippen molar-refractivity contribution in [2.45, 2.75) is 0 Å². The number of rotatable bonds is 0. The van der Waals surface area contributed by atoms with E-state index in [1.54, 1.807) is 0 Å². The van der Waals surface area contributed by atoms with Crippen molar-refractivity contribution in [2.75, 3.05) is 0 Å². The van der Waals surface area contributed by atoms with Crippen molar-refractivity contribution in [3.63, 3.8) is 0 Å². The second-order valence-electron chi connectivity index (χ2n) is 6.30. The summed E-state index contributed by atoms with van der Waals surface area (Å²) in [6, 6.07) is 24.5. The molecule has 0 aliphatic rings. The van der Waals surface area contributed by atoms with Gasteiger partial charge in [0, 0.05) is 49.3 Å². The molecule has 6 rings (SSSR count). The molecule has 0 N–H and O–H groups in total. The second-order valence-corrected chi connectivity index (χ2v) is 9.59. The van der Waals surface area contributed by atoms with Gasteiger partial charge in [-0.15, -0.1) is 22.7 Å². The molecule has 0 unspecified atom stereocenters. The molecule has 6 aromatic rings. The quantitative estimate of drug-likeness (QED) is 0.198. The average molecular weight is 466 g/mol. The van der Waals surface area contributed by atoms with E-state index < -0.39 is 0 Å².